The zero-order valence-electron chi connectivity index (χ0n) is 10.1. The second kappa shape index (κ2) is 4.04. The van der Waals surface area contributed by atoms with Gasteiger partial charge in [0, 0.05) is 6.04 Å². The summed E-state index contributed by atoms with van der Waals surface area (Å²) in [6, 6.07) is 5.02. The van der Waals surface area contributed by atoms with Crippen molar-refractivity contribution >= 4 is 10.0 Å². The van der Waals surface area contributed by atoms with Crippen LogP contribution in [-0.4, -0.2) is 14.5 Å². The first-order chi connectivity index (χ1) is 8.28. The Labute approximate surface area is 105 Å². The Bertz CT molecular complexity index is 632. The molecule has 1 unspecified atom stereocenters. The predicted molar refractivity (Wildman–Crippen MR) is 63.6 cm³/mol. The Morgan fingerprint density at radius 2 is 2.11 bits per heavy atom. The largest absolute Gasteiger partial charge is 0.242 e. The van der Waals surface area contributed by atoms with Gasteiger partial charge in [-0.05, 0) is 24.0 Å². The number of rotatable bonds is 3. The van der Waals surface area contributed by atoms with Crippen molar-refractivity contribution in [2.45, 2.75) is 31.2 Å². The third-order valence-electron chi connectivity index (χ3n) is 3.19. The molecule has 0 radical (unpaired) electrons. The molecule has 4 nitrogen and oxygen atoms in total. The Morgan fingerprint density at radius 3 is 2.61 bits per heavy atom. The van der Waals surface area contributed by atoms with Crippen LogP contribution < -0.4 is 4.72 Å². The Hall–Kier alpha value is -1.45. The molecule has 0 aromatic heterocycles. The fraction of sp³-hybridized carbons (Fsp3) is 0.417. The minimum atomic E-state index is -3.85. The number of nitrogens with one attached hydrogen (secondary N) is 1. The van der Waals surface area contributed by atoms with Crippen LogP contribution >= 0.6 is 0 Å². The quantitative estimate of drug-likeness (QED) is 0.908. The van der Waals surface area contributed by atoms with Crippen LogP contribution in [0, 0.1) is 22.6 Å². The van der Waals surface area contributed by atoms with E-state index in [1.54, 1.807) is 6.07 Å². The summed E-state index contributed by atoms with van der Waals surface area (Å²) in [5.74, 6) is -0.824. The molecule has 0 heterocycles. The summed E-state index contributed by atoms with van der Waals surface area (Å²) < 4.78 is 40.0. The molecule has 1 aromatic rings. The topological polar surface area (TPSA) is 70.0 Å². The van der Waals surface area contributed by atoms with E-state index in [1.807, 2.05) is 13.8 Å². The molecule has 1 N–H and O–H groups in total. The first-order valence-electron chi connectivity index (χ1n) is 5.49. The van der Waals surface area contributed by atoms with E-state index in [4.69, 9.17) is 5.26 Å². The lowest BCUT2D eigenvalue weighted by Gasteiger charge is -2.09. The Balaban J connectivity index is 2.37. The summed E-state index contributed by atoms with van der Waals surface area (Å²) in [7, 11) is -3.85. The number of hydrogen-bond acceptors (Lipinski definition) is 3. The molecular formula is C12H13FN2O2S. The maximum Gasteiger partial charge on any atom is 0.242 e. The Morgan fingerprint density at radius 1 is 1.50 bits per heavy atom. The number of benzene rings is 1. The van der Waals surface area contributed by atoms with E-state index >= 15 is 0 Å². The number of sulfonamides is 1. The summed E-state index contributed by atoms with van der Waals surface area (Å²) in [5, 5.41) is 8.83. The van der Waals surface area contributed by atoms with Crippen molar-refractivity contribution in [3.63, 3.8) is 0 Å². The van der Waals surface area contributed by atoms with Crippen molar-refractivity contribution in [3.8, 4) is 6.07 Å². The van der Waals surface area contributed by atoms with Gasteiger partial charge in [-0.2, -0.15) is 5.26 Å². The maximum atomic E-state index is 13.4. The summed E-state index contributed by atoms with van der Waals surface area (Å²) in [5.41, 5.74) is -0.517. The molecular weight excluding hydrogens is 255 g/mol. The van der Waals surface area contributed by atoms with E-state index in [-0.39, 0.29) is 16.4 Å². The van der Waals surface area contributed by atoms with Crippen molar-refractivity contribution in [1.29, 1.82) is 5.26 Å². The third-order valence-corrected chi connectivity index (χ3v) is 4.70. The van der Waals surface area contributed by atoms with Gasteiger partial charge in [-0.25, -0.2) is 17.5 Å². The highest BCUT2D eigenvalue weighted by atomic mass is 32.2. The minimum absolute atomic E-state index is 0.0762. The van der Waals surface area contributed by atoms with E-state index in [9.17, 15) is 12.8 Å². The van der Waals surface area contributed by atoms with Gasteiger partial charge >= 0.3 is 0 Å². The van der Waals surface area contributed by atoms with Crippen molar-refractivity contribution < 1.29 is 12.8 Å². The van der Waals surface area contributed by atoms with Crippen LogP contribution in [0.3, 0.4) is 0 Å². The van der Waals surface area contributed by atoms with Gasteiger partial charge in [-0.15, -0.1) is 0 Å². The van der Waals surface area contributed by atoms with Crippen molar-refractivity contribution in [2.75, 3.05) is 0 Å². The van der Waals surface area contributed by atoms with Gasteiger partial charge in [0.1, 0.15) is 22.3 Å². The zero-order chi connectivity index (χ0) is 13.6. The van der Waals surface area contributed by atoms with Gasteiger partial charge < -0.3 is 0 Å². The van der Waals surface area contributed by atoms with E-state index < -0.39 is 21.4 Å². The SMILES string of the molecule is CC1(C)CC1NS(=O)(=O)c1cccc(F)c1C#N. The van der Waals surface area contributed by atoms with Crippen LogP contribution in [0.4, 0.5) is 4.39 Å². The molecule has 0 saturated heterocycles. The fourth-order valence-electron chi connectivity index (χ4n) is 1.76. The highest BCUT2D eigenvalue weighted by Crippen LogP contribution is 2.45. The lowest BCUT2D eigenvalue weighted by molar-refractivity contribution is 0.552. The van der Waals surface area contributed by atoms with E-state index in [1.165, 1.54) is 12.1 Å². The van der Waals surface area contributed by atoms with Gasteiger partial charge in [-0.1, -0.05) is 19.9 Å². The van der Waals surface area contributed by atoms with Crippen molar-refractivity contribution in [2.24, 2.45) is 5.41 Å². The fourth-order valence-corrected chi connectivity index (χ4v) is 3.33. The second-order valence-electron chi connectivity index (χ2n) is 5.09. The molecule has 1 atom stereocenters. The monoisotopic (exact) mass is 268 g/mol. The molecule has 96 valence electrons. The molecule has 1 fully saturated rings. The van der Waals surface area contributed by atoms with Crippen molar-refractivity contribution in [3.05, 3.63) is 29.6 Å². The first kappa shape index (κ1) is 13.0. The van der Waals surface area contributed by atoms with E-state index in [0.717, 1.165) is 12.5 Å². The molecule has 0 spiro atoms. The molecule has 1 aliphatic rings. The van der Waals surface area contributed by atoms with Gasteiger partial charge in [0.2, 0.25) is 10.0 Å². The minimum Gasteiger partial charge on any atom is -0.207 e. The zero-order valence-corrected chi connectivity index (χ0v) is 10.9. The van der Waals surface area contributed by atoms with Crippen LogP contribution in [0.2, 0.25) is 0 Å². The van der Waals surface area contributed by atoms with Crippen LogP contribution in [0.1, 0.15) is 25.8 Å². The highest BCUT2D eigenvalue weighted by Gasteiger charge is 2.48. The molecule has 1 aliphatic carbocycles. The molecule has 18 heavy (non-hydrogen) atoms. The van der Waals surface area contributed by atoms with Crippen LogP contribution in [0.15, 0.2) is 23.1 Å². The van der Waals surface area contributed by atoms with Gasteiger partial charge in [-0.3, -0.25) is 0 Å². The number of hydrogen-bond donors (Lipinski definition) is 1. The first-order valence-corrected chi connectivity index (χ1v) is 6.97. The summed E-state index contributed by atoms with van der Waals surface area (Å²) >= 11 is 0. The number of halogens is 1. The smallest absolute Gasteiger partial charge is 0.207 e. The van der Waals surface area contributed by atoms with E-state index in [2.05, 4.69) is 4.72 Å². The highest BCUT2D eigenvalue weighted by molar-refractivity contribution is 7.89. The van der Waals surface area contributed by atoms with Crippen molar-refractivity contribution in [1.82, 2.24) is 4.72 Å². The van der Waals surface area contributed by atoms with Gasteiger partial charge in [0.15, 0.2) is 0 Å². The Kier molecular flexibility index (Phi) is 2.92. The lowest BCUT2D eigenvalue weighted by atomic mass is 10.2. The molecule has 1 aromatic carbocycles. The van der Waals surface area contributed by atoms with Gasteiger partial charge in [0.25, 0.3) is 0 Å². The average molecular weight is 268 g/mol. The number of nitrogens with zero attached hydrogens (tertiary/aromatic N) is 1. The second-order valence-corrected chi connectivity index (χ2v) is 6.77. The lowest BCUT2D eigenvalue weighted by Crippen LogP contribution is -2.29. The molecule has 0 bridgehead atoms. The van der Waals surface area contributed by atoms with Crippen LogP contribution in [0.5, 0.6) is 0 Å². The molecule has 0 aliphatic heterocycles. The normalized spacial score (nSPS) is 21.3. The molecule has 1 saturated carbocycles. The third kappa shape index (κ3) is 2.24. The molecule has 2 rings (SSSR count). The van der Waals surface area contributed by atoms with Crippen LogP contribution in [0.25, 0.3) is 0 Å². The molecule has 6 heteroatoms. The molecule has 0 amide bonds. The van der Waals surface area contributed by atoms with Crippen LogP contribution in [-0.2, 0) is 10.0 Å². The van der Waals surface area contributed by atoms with Gasteiger partial charge in [0.05, 0.1) is 0 Å². The summed E-state index contributed by atoms with van der Waals surface area (Å²) in [4.78, 5) is -0.298. The van der Waals surface area contributed by atoms with E-state index in [0.29, 0.717) is 0 Å². The number of nitriles is 1. The average Bonchev–Trinajstić information content (AvgIpc) is 2.84. The summed E-state index contributed by atoms with van der Waals surface area (Å²) in [6.45, 7) is 3.88. The standard InChI is InChI=1S/C12H13FN2O2S/c1-12(2)6-11(12)15-18(16,17)10-5-3-4-9(13)8(10)7-14/h3-5,11,15H,6H2,1-2H3. The maximum absolute atomic E-state index is 13.4. The predicted octanol–water partition coefficient (Wildman–Crippen LogP) is 1.77. The summed E-state index contributed by atoms with van der Waals surface area (Å²) in [6.07, 6.45) is 0.740.